The predicted octanol–water partition coefficient (Wildman–Crippen LogP) is 5.55. The number of nitrogens with two attached hydrogens (primary N) is 1. The zero-order valence-electron chi connectivity index (χ0n) is 21.6. The highest BCUT2D eigenvalue weighted by molar-refractivity contribution is 5.83. The Hall–Kier alpha value is -3.11. The average Bonchev–Trinajstić information content (AvgIpc) is 2.83. The predicted molar refractivity (Wildman–Crippen MR) is 146 cm³/mol. The van der Waals surface area contributed by atoms with E-state index in [9.17, 15) is 4.79 Å². The monoisotopic (exact) mass is 469 g/mol. The van der Waals surface area contributed by atoms with Crippen LogP contribution >= 0.6 is 0 Å². The van der Waals surface area contributed by atoms with E-state index in [0.717, 1.165) is 32.4 Å². The van der Waals surface area contributed by atoms with Gasteiger partial charge in [-0.1, -0.05) is 67.1 Å². The van der Waals surface area contributed by atoms with Crippen LogP contribution in [0.5, 0.6) is 0 Å². The zero-order chi connectivity index (χ0) is 24.9. The van der Waals surface area contributed by atoms with Crippen molar-refractivity contribution < 1.29 is 4.79 Å². The lowest BCUT2D eigenvalue weighted by molar-refractivity contribution is -0.123. The Morgan fingerprint density at radius 3 is 2.43 bits per heavy atom. The van der Waals surface area contributed by atoms with Crippen LogP contribution in [0.4, 0.5) is 5.69 Å². The first-order valence-electron chi connectivity index (χ1n) is 12.9. The van der Waals surface area contributed by atoms with Gasteiger partial charge in [-0.05, 0) is 85.9 Å². The number of hydrogen-bond acceptors (Lipinski definition) is 3. The number of nitrogens with zero attached hydrogens (tertiary/aromatic N) is 1. The summed E-state index contributed by atoms with van der Waals surface area (Å²) in [7, 11) is 0. The van der Waals surface area contributed by atoms with Crippen molar-refractivity contribution in [3.8, 4) is 0 Å². The first-order chi connectivity index (χ1) is 16.9. The third kappa shape index (κ3) is 5.94. The molecule has 4 rings (SSSR count). The molecule has 0 saturated heterocycles. The second-order valence-corrected chi connectivity index (χ2v) is 10.1. The summed E-state index contributed by atoms with van der Waals surface area (Å²) < 4.78 is 0. The Labute approximate surface area is 210 Å². The normalized spacial score (nSPS) is 16.0. The lowest BCUT2D eigenvalue weighted by Crippen LogP contribution is -2.46. The molecule has 1 aliphatic rings. The summed E-state index contributed by atoms with van der Waals surface area (Å²) in [4.78, 5) is 15.7. The zero-order valence-corrected chi connectivity index (χ0v) is 21.6. The molecule has 3 aromatic carbocycles. The van der Waals surface area contributed by atoms with Crippen LogP contribution in [0, 0.1) is 20.8 Å². The molecular formula is C31H39N3O. The van der Waals surface area contributed by atoms with E-state index in [4.69, 9.17) is 5.73 Å². The van der Waals surface area contributed by atoms with Gasteiger partial charge in [0.15, 0.2) is 0 Å². The van der Waals surface area contributed by atoms with Crippen molar-refractivity contribution >= 4 is 11.6 Å². The van der Waals surface area contributed by atoms with Crippen LogP contribution in [-0.2, 0) is 17.6 Å². The fourth-order valence-corrected chi connectivity index (χ4v) is 5.45. The summed E-state index contributed by atoms with van der Waals surface area (Å²) in [5.74, 6) is -0.0715. The van der Waals surface area contributed by atoms with Crippen molar-refractivity contribution in [1.82, 2.24) is 5.32 Å². The van der Waals surface area contributed by atoms with Crippen LogP contribution in [0.1, 0.15) is 64.8 Å². The minimum absolute atomic E-state index is 0.0207. The summed E-state index contributed by atoms with van der Waals surface area (Å²) in [5, 5.41) is 3.31. The average molecular weight is 470 g/mol. The van der Waals surface area contributed by atoms with Crippen molar-refractivity contribution in [2.24, 2.45) is 5.73 Å². The number of fused-ring (bicyclic) bond motifs is 1. The van der Waals surface area contributed by atoms with Gasteiger partial charge in [0.05, 0.1) is 12.1 Å². The summed E-state index contributed by atoms with van der Waals surface area (Å²) in [6, 6.07) is 21.0. The molecule has 0 fully saturated rings. The molecule has 1 aliphatic heterocycles. The van der Waals surface area contributed by atoms with E-state index >= 15 is 0 Å². The van der Waals surface area contributed by atoms with Crippen LogP contribution in [-0.4, -0.2) is 25.0 Å². The standard InChI is InChI=1S/C31H39N3O/c1-5-14-34-15-13-29(27-19-25(11-12-30(27)34)18-24-9-7-6-8-10-24)33-31(35)28(32)20-26-22(3)16-21(2)17-23(26)4/h6-12,16-17,19,28-29H,5,13-15,18,20,32H2,1-4H3,(H,33,35)/t28-,29+/m0/s1. The van der Waals surface area contributed by atoms with E-state index in [-0.39, 0.29) is 11.9 Å². The third-order valence-corrected chi connectivity index (χ3v) is 7.16. The molecule has 2 atom stereocenters. The van der Waals surface area contributed by atoms with Gasteiger partial charge in [-0.2, -0.15) is 0 Å². The summed E-state index contributed by atoms with van der Waals surface area (Å²) in [5.41, 5.74) is 16.3. The highest BCUT2D eigenvalue weighted by atomic mass is 16.2. The smallest absolute Gasteiger partial charge is 0.237 e. The van der Waals surface area contributed by atoms with Gasteiger partial charge in [-0.15, -0.1) is 0 Å². The Kier molecular flexibility index (Phi) is 7.92. The molecule has 1 heterocycles. The number of carbonyl (C=O) groups is 1. The van der Waals surface area contributed by atoms with E-state index in [1.54, 1.807) is 0 Å². The van der Waals surface area contributed by atoms with E-state index < -0.39 is 6.04 Å². The molecular weight excluding hydrogens is 430 g/mol. The number of hydrogen-bond donors (Lipinski definition) is 2. The Bertz CT molecular complexity index is 1150. The van der Waals surface area contributed by atoms with Crippen molar-refractivity contribution in [2.75, 3.05) is 18.0 Å². The summed E-state index contributed by atoms with van der Waals surface area (Å²) >= 11 is 0. The molecule has 35 heavy (non-hydrogen) atoms. The number of rotatable bonds is 8. The summed E-state index contributed by atoms with van der Waals surface area (Å²) in [6.45, 7) is 10.5. The van der Waals surface area contributed by atoms with Gasteiger partial charge in [0.1, 0.15) is 0 Å². The number of benzene rings is 3. The third-order valence-electron chi connectivity index (χ3n) is 7.16. The molecule has 0 radical (unpaired) electrons. The maximum atomic E-state index is 13.2. The molecule has 4 nitrogen and oxygen atoms in total. The largest absolute Gasteiger partial charge is 0.371 e. The van der Waals surface area contributed by atoms with Crippen LogP contribution in [0.25, 0.3) is 0 Å². The number of amides is 1. The molecule has 3 aromatic rings. The Morgan fingerprint density at radius 2 is 1.74 bits per heavy atom. The highest BCUT2D eigenvalue weighted by Gasteiger charge is 2.28. The molecule has 0 bridgehead atoms. The first kappa shape index (κ1) is 25.0. The van der Waals surface area contributed by atoms with Crippen LogP contribution in [0.2, 0.25) is 0 Å². The van der Waals surface area contributed by atoms with E-state index in [1.165, 1.54) is 44.6 Å². The second kappa shape index (κ2) is 11.1. The van der Waals surface area contributed by atoms with Gasteiger partial charge in [-0.3, -0.25) is 4.79 Å². The molecule has 4 heteroatoms. The van der Waals surface area contributed by atoms with Gasteiger partial charge in [0.25, 0.3) is 0 Å². The molecule has 0 aliphatic carbocycles. The number of nitrogens with one attached hydrogen (secondary N) is 1. The molecule has 0 spiro atoms. The molecule has 3 N–H and O–H groups in total. The van der Waals surface area contributed by atoms with Crippen molar-refractivity contribution in [2.45, 2.75) is 65.5 Å². The maximum absolute atomic E-state index is 13.2. The first-order valence-corrected chi connectivity index (χ1v) is 12.9. The topological polar surface area (TPSA) is 58.4 Å². The minimum Gasteiger partial charge on any atom is -0.371 e. The van der Waals surface area contributed by atoms with Gasteiger partial charge in [-0.25, -0.2) is 0 Å². The van der Waals surface area contributed by atoms with Crippen molar-refractivity contribution in [3.05, 3.63) is 99.6 Å². The molecule has 1 amide bonds. The lowest BCUT2D eigenvalue weighted by atomic mass is 9.91. The maximum Gasteiger partial charge on any atom is 0.237 e. The summed E-state index contributed by atoms with van der Waals surface area (Å²) in [6.07, 6.45) is 3.43. The van der Waals surface area contributed by atoms with Gasteiger partial charge in [0.2, 0.25) is 5.91 Å². The Balaban J connectivity index is 1.54. The van der Waals surface area contributed by atoms with E-state index in [0.29, 0.717) is 6.42 Å². The number of anilines is 1. The molecule has 0 saturated carbocycles. The van der Waals surface area contributed by atoms with Gasteiger partial charge >= 0.3 is 0 Å². The minimum atomic E-state index is -0.570. The molecule has 0 aromatic heterocycles. The number of carbonyl (C=O) groups excluding carboxylic acids is 1. The molecule has 184 valence electrons. The second-order valence-electron chi connectivity index (χ2n) is 10.1. The van der Waals surface area contributed by atoms with E-state index in [1.807, 2.05) is 6.07 Å². The lowest BCUT2D eigenvalue weighted by Gasteiger charge is -2.36. The van der Waals surface area contributed by atoms with Crippen molar-refractivity contribution in [3.63, 3.8) is 0 Å². The quantitative estimate of drug-likeness (QED) is 0.455. The van der Waals surface area contributed by atoms with Crippen LogP contribution in [0.3, 0.4) is 0 Å². The van der Waals surface area contributed by atoms with E-state index in [2.05, 4.69) is 92.5 Å². The van der Waals surface area contributed by atoms with Crippen molar-refractivity contribution in [1.29, 1.82) is 0 Å². The Morgan fingerprint density at radius 1 is 1.03 bits per heavy atom. The SMILES string of the molecule is CCCN1CC[C@@H](NC(=O)[C@@H](N)Cc2c(C)cc(C)cc2C)c2cc(Cc3ccccc3)ccc21. The van der Waals surface area contributed by atoms with Crippen LogP contribution in [0.15, 0.2) is 60.7 Å². The fraction of sp³-hybridized carbons (Fsp3) is 0.387. The van der Waals surface area contributed by atoms with Gasteiger partial charge < -0.3 is 16.0 Å². The van der Waals surface area contributed by atoms with Gasteiger partial charge in [0, 0.05) is 18.8 Å². The number of aryl methyl sites for hydroxylation is 3. The fourth-order valence-electron chi connectivity index (χ4n) is 5.45. The highest BCUT2D eigenvalue weighted by Crippen LogP contribution is 2.35. The van der Waals surface area contributed by atoms with Crippen LogP contribution < -0.4 is 16.0 Å². The molecule has 0 unspecified atom stereocenters.